The third kappa shape index (κ3) is 2.55. The molecule has 0 saturated heterocycles. The van der Waals surface area contributed by atoms with Crippen LogP contribution in [-0.2, 0) is 6.42 Å². The minimum Gasteiger partial charge on any atom is -0.392 e. The summed E-state index contributed by atoms with van der Waals surface area (Å²) in [5, 5.41) is 10.5. The predicted molar refractivity (Wildman–Crippen MR) is 72.2 cm³/mol. The summed E-state index contributed by atoms with van der Waals surface area (Å²) in [7, 11) is 0. The molecule has 2 rings (SSSR count). The highest BCUT2D eigenvalue weighted by molar-refractivity contribution is 5.34. The first-order valence-electron chi connectivity index (χ1n) is 6.76. The van der Waals surface area contributed by atoms with Gasteiger partial charge in [0.15, 0.2) is 0 Å². The van der Waals surface area contributed by atoms with Crippen LogP contribution < -0.4 is 0 Å². The molecule has 0 spiro atoms. The highest BCUT2D eigenvalue weighted by Crippen LogP contribution is 2.41. The van der Waals surface area contributed by atoms with Gasteiger partial charge in [0.1, 0.15) is 0 Å². The molecule has 1 heteroatoms. The number of benzene rings is 1. The molecule has 1 fully saturated rings. The molecule has 1 atom stereocenters. The van der Waals surface area contributed by atoms with E-state index in [0.29, 0.717) is 0 Å². The zero-order valence-corrected chi connectivity index (χ0v) is 11.3. The molecule has 1 aromatic rings. The molecule has 0 heterocycles. The lowest BCUT2D eigenvalue weighted by Gasteiger charge is -2.30. The van der Waals surface area contributed by atoms with Crippen LogP contribution in [0.3, 0.4) is 0 Å². The van der Waals surface area contributed by atoms with Crippen molar-refractivity contribution < 1.29 is 5.11 Å². The van der Waals surface area contributed by atoms with Gasteiger partial charge in [-0.25, -0.2) is 0 Å². The number of hydrogen-bond acceptors (Lipinski definition) is 1. The van der Waals surface area contributed by atoms with Crippen LogP contribution in [0.4, 0.5) is 0 Å². The monoisotopic (exact) mass is 232 g/mol. The number of aliphatic hydroxyl groups excluding tert-OH is 1. The lowest BCUT2D eigenvalue weighted by atomic mass is 9.79. The van der Waals surface area contributed by atoms with E-state index < -0.39 is 0 Å². The summed E-state index contributed by atoms with van der Waals surface area (Å²) >= 11 is 0. The Morgan fingerprint density at radius 2 is 1.71 bits per heavy atom. The largest absolute Gasteiger partial charge is 0.392 e. The molecule has 0 aromatic heterocycles. The lowest BCUT2D eigenvalue weighted by molar-refractivity contribution is 0.0421. The van der Waals surface area contributed by atoms with Gasteiger partial charge < -0.3 is 5.11 Å². The Bertz CT molecular complexity index is 368. The van der Waals surface area contributed by atoms with Gasteiger partial charge in [-0.1, -0.05) is 38.0 Å². The van der Waals surface area contributed by atoms with E-state index in [-0.39, 0.29) is 11.5 Å². The lowest BCUT2D eigenvalue weighted by Crippen LogP contribution is -2.31. The molecule has 1 aliphatic carbocycles. The molecule has 1 aliphatic rings. The van der Waals surface area contributed by atoms with E-state index in [1.54, 1.807) is 0 Å². The summed E-state index contributed by atoms with van der Waals surface area (Å²) in [6, 6.07) is 6.38. The van der Waals surface area contributed by atoms with Gasteiger partial charge in [0.05, 0.1) is 6.10 Å². The molecule has 1 aromatic carbocycles. The van der Waals surface area contributed by atoms with Gasteiger partial charge in [-0.05, 0) is 55.2 Å². The molecule has 0 radical (unpaired) electrons. The Morgan fingerprint density at radius 3 is 2.24 bits per heavy atom. The first-order chi connectivity index (χ1) is 8.03. The van der Waals surface area contributed by atoms with Gasteiger partial charge >= 0.3 is 0 Å². The molecular weight excluding hydrogens is 208 g/mol. The maximum atomic E-state index is 10.5. The summed E-state index contributed by atoms with van der Waals surface area (Å²) < 4.78 is 0. The molecule has 0 aliphatic heterocycles. The summed E-state index contributed by atoms with van der Waals surface area (Å²) in [5.74, 6) is 0. The molecule has 1 saturated carbocycles. The summed E-state index contributed by atoms with van der Waals surface area (Å²) in [4.78, 5) is 0. The summed E-state index contributed by atoms with van der Waals surface area (Å²) in [6.07, 6.45) is 5.54. The second-order valence-corrected chi connectivity index (χ2v) is 5.95. The zero-order chi connectivity index (χ0) is 12.5. The predicted octanol–water partition coefficient (Wildman–Crippen LogP) is 3.79. The van der Waals surface area contributed by atoms with E-state index >= 15 is 0 Å². The van der Waals surface area contributed by atoms with Crippen molar-refractivity contribution in [1.82, 2.24) is 0 Å². The van der Waals surface area contributed by atoms with Gasteiger partial charge in [0, 0.05) is 0 Å². The molecule has 94 valence electrons. The fourth-order valence-corrected chi connectivity index (χ4v) is 3.13. The van der Waals surface area contributed by atoms with Crippen LogP contribution in [0, 0.1) is 19.3 Å². The molecule has 0 amide bonds. The van der Waals surface area contributed by atoms with E-state index in [1.165, 1.54) is 42.4 Å². The van der Waals surface area contributed by atoms with E-state index in [0.717, 1.165) is 6.42 Å². The molecule has 1 nitrogen and oxygen atoms in total. The standard InChI is InChI=1S/C16H24O/c1-12-7-6-8-13(2)14(12)11-15(17)16(3)9-4-5-10-16/h6-8,15,17H,4-5,9-11H2,1-3H3. The van der Waals surface area contributed by atoms with Crippen molar-refractivity contribution in [2.45, 2.75) is 59.0 Å². The summed E-state index contributed by atoms with van der Waals surface area (Å²) in [6.45, 7) is 6.54. The van der Waals surface area contributed by atoms with Crippen LogP contribution in [0.25, 0.3) is 0 Å². The van der Waals surface area contributed by atoms with Crippen LogP contribution >= 0.6 is 0 Å². The normalized spacial score (nSPS) is 20.5. The van der Waals surface area contributed by atoms with Gasteiger partial charge in [0.25, 0.3) is 0 Å². The third-order valence-corrected chi connectivity index (χ3v) is 4.59. The topological polar surface area (TPSA) is 20.2 Å². The minimum absolute atomic E-state index is 0.148. The van der Waals surface area contributed by atoms with Gasteiger partial charge in [-0.15, -0.1) is 0 Å². The first kappa shape index (κ1) is 12.6. The van der Waals surface area contributed by atoms with Crippen LogP contribution in [0.1, 0.15) is 49.3 Å². The zero-order valence-electron chi connectivity index (χ0n) is 11.3. The number of hydrogen-bond donors (Lipinski definition) is 1. The number of aryl methyl sites for hydroxylation is 2. The molecular formula is C16H24O. The fraction of sp³-hybridized carbons (Fsp3) is 0.625. The molecule has 1 N–H and O–H groups in total. The smallest absolute Gasteiger partial charge is 0.0634 e. The highest BCUT2D eigenvalue weighted by Gasteiger charge is 2.36. The quantitative estimate of drug-likeness (QED) is 0.840. The first-order valence-corrected chi connectivity index (χ1v) is 6.76. The summed E-state index contributed by atoms with van der Waals surface area (Å²) in [5.41, 5.74) is 4.11. The van der Waals surface area contributed by atoms with E-state index in [2.05, 4.69) is 39.0 Å². The molecule has 1 unspecified atom stereocenters. The SMILES string of the molecule is Cc1cccc(C)c1CC(O)C1(C)CCCC1. The van der Waals surface area contributed by atoms with Gasteiger partial charge in [-0.3, -0.25) is 0 Å². The fourth-order valence-electron chi connectivity index (χ4n) is 3.13. The van der Waals surface area contributed by atoms with Gasteiger partial charge in [0.2, 0.25) is 0 Å². The van der Waals surface area contributed by atoms with Crippen molar-refractivity contribution in [3.8, 4) is 0 Å². The van der Waals surface area contributed by atoms with Crippen LogP contribution in [0.15, 0.2) is 18.2 Å². The van der Waals surface area contributed by atoms with Crippen molar-refractivity contribution in [1.29, 1.82) is 0 Å². The Labute approximate surface area is 105 Å². The Kier molecular flexibility index (Phi) is 3.58. The molecule has 0 bridgehead atoms. The van der Waals surface area contributed by atoms with Gasteiger partial charge in [-0.2, -0.15) is 0 Å². The number of rotatable bonds is 3. The average molecular weight is 232 g/mol. The van der Waals surface area contributed by atoms with Crippen molar-refractivity contribution in [3.05, 3.63) is 34.9 Å². The Balaban J connectivity index is 2.15. The van der Waals surface area contributed by atoms with E-state index in [1.807, 2.05) is 0 Å². The van der Waals surface area contributed by atoms with Crippen molar-refractivity contribution in [2.24, 2.45) is 5.41 Å². The average Bonchev–Trinajstić information content (AvgIpc) is 2.72. The van der Waals surface area contributed by atoms with Crippen molar-refractivity contribution in [3.63, 3.8) is 0 Å². The maximum absolute atomic E-state index is 10.5. The minimum atomic E-state index is -0.190. The van der Waals surface area contributed by atoms with Crippen LogP contribution in [-0.4, -0.2) is 11.2 Å². The van der Waals surface area contributed by atoms with Crippen LogP contribution in [0.5, 0.6) is 0 Å². The van der Waals surface area contributed by atoms with Crippen molar-refractivity contribution >= 4 is 0 Å². The Morgan fingerprint density at radius 1 is 1.18 bits per heavy atom. The second-order valence-electron chi connectivity index (χ2n) is 5.95. The third-order valence-electron chi connectivity index (χ3n) is 4.59. The highest BCUT2D eigenvalue weighted by atomic mass is 16.3. The van der Waals surface area contributed by atoms with E-state index in [4.69, 9.17) is 0 Å². The molecule has 17 heavy (non-hydrogen) atoms. The number of aliphatic hydroxyl groups is 1. The van der Waals surface area contributed by atoms with E-state index in [9.17, 15) is 5.11 Å². The maximum Gasteiger partial charge on any atom is 0.0634 e. The Hall–Kier alpha value is -0.820. The van der Waals surface area contributed by atoms with Crippen molar-refractivity contribution in [2.75, 3.05) is 0 Å². The second kappa shape index (κ2) is 4.81. The van der Waals surface area contributed by atoms with Crippen LogP contribution in [0.2, 0.25) is 0 Å².